The minimum Gasteiger partial charge on any atom is -0.0991 e. The second-order valence-corrected chi connectivity index (χ2v) is 3.33. The van der Waals surface area contributed by atoms with E-state index in [-0.39, 0.29) is 0 Å². The summed E-state index contributed by atoms with van der Waals surface area (Å²) in [6.07, 6.45) is 20.1. The Morgan fingerprint density at radius 1 is 0.789 bits per heavy atom. The molecule has 0 rings (SSSR count). The molecule has 0 atom stereocenters. The van der Waals surface area contributed by atoms with Crippen LogP contribution in [0.25, 0.3) is 0 Å². The fourth-order valence-corrected chi connectivity index (χ4v) is 0.856. The van der Waals surface area contributed by atoms with E-state index in [2.05, 4.69) is 32.7 Å². The predicted molar refractivity (Wildman–Crippen MR) is 93.4 cm³/mol. The maximum absolute atomic E-state index is 3.63. The van der Waals surface area contributed by atoms with Crippen LogP contribution in [0.2, 0.25) is 0 Å². The molecule has 0 bridgehead atoms. The highest BCUT2D eigenvalue weighted by molar-refractivity contribution is 5.13. The van der Waals surface area contributed by atoms with Crippen molar-refractivity contribution in [1.29, 1.82) is 0 Å². The maximum Gasteiger partial charge on any atom is -0.0311 e. The van der Waals surface area contributed by atoms with Gasteiger partial charge in [0.05, 0.1) is 0 Å². The molecule has 0 fully saturated rings. The van der Waals surface area contributed by atoms with Gasteiger partial charge in [-0.1, -0.05) is 93.0 Å². The second kappa shape index (κ2) is 25.1. The zero-order valence-electron chi connectivity index (χ0n) is 13.1. The van der Waals surface area contributed by atoms with E-state index in [0.717, 1.165) is 6.42 Å². The van der Waals surface area contributed by atoms with Crippen molar-refractivity contribution in [3.63, 3.8) is 0 Å². The molecule has 0 heterocycles. The van der Waals surface area contributed by atoms with Crippen LogP contribution in [0.1, 0.15) is 34.1 Å². The fraction of sp³-hybridized carbons (Fsp3) is 0.263. The van der Waals surface area contributed by atoms with E-state index < -0.39 is 0 Å². The molecule has 0 saturated heterocycles. The average molecular weight is 258 g/mol. The Labute approximate surface area is 120 Å². The van der Waals surface area contributed by atoms with E-state index in [1.165, 1.54) is 5.57 Å². The molecule has 0 aromatic heterocycles. The SMILES string of the molecule is C=C/C(=C\C)CC.C=C/C=C/C.C=C/C=C/C=C/C. The van der Waals surface area contributed by atoms with Gasteiger partial charge in [-0.05, 0) is 27.2 Å². The zero-order chi connectivity index (χ0) is 15.4. The molecule has 0 aromatic carbocycles. The van der Waals surface area contributed by atoms with Gasteiger partial charge in [-0.3, -0.25) is 0 Å². The standard InChI is InChI=1S/C7H12.C7H10.C5H8/c1-4-7(5-2)6-3;1-3-5-7-6-4-2;1-3-5-4-2/h4-5H,1,6H2,2-3H3;3-7H,1H2,2H3;3-5H,1H2,2H3/b7-5+;6-4+,7-5+;5-4+. The van der Waals surface area contributed by atoms with Crippen molar-refractivity contribution in [2.75, 3.05) is 0 Å². The first-order chi connectivity index (χ1) is 9.17. The van der Waals surface area contributed by atoms with Crippen LogP contribution < -0.4 is 0 Å². The third-order valence-corrected chi connectivity index (χ3v) is 1.92. The maximum atomic E-state index is 3.63. The molecule has 0 aliphatic carbocycles. The molecule has 106 valence electrons. The van der Waals surface area contributed by atoms with Crippen LogP contribution in [-0.4, -0.2) is 0 Å². The van der Waals surface area contributed by atoms with Gasteiger partial charge in [0.25, 0.3) is 0 Å². The van der Waals surface area contributed by atoms with Gasteiger partial charge in [-0.25, -0.2) is 0 Å². The van der Waals surface area contributed by atoms with Crippen molar-refractivity contribution >= 4 is 0 Å². The van der Waals surface area contributed by atoms with Gasteiger partial charge >= 0.3 is 0 Å². The lowest BCUT2D eigenvalue weighted by Gasteiger charge is -1.88. The molecule has 0 unspecified atom stereocenters. The smallest absolute Gasteiger partial charge is 0.0311 e. The zero-order valence-corrected chi connectivity index (χ0v) is 13.1. The van der Waals surface area contributed by atoms with Gasteiger partial charge < -0.3 is 0 Å². The minimum atomic E-state index is 1.10. The summed E-state index contributed by atoms with van der Waals surface area (Å²) < 4.78 is 0. The van der Waals surface area contributed by atoms with Gasteiger partial charge in [-0.15, -0.1) is 0 Å². The summed E-state index contributed by atoms with van der Waals surface area (Å²) in [5.74, 6) is 0. The van der Waals surface area contributed by atoms with Gasteiger partial charge in [0, 0.05) is 0 Å². The van der Waals surface area contributed by atoms with Gasteiger partial charge in [0.1, 0.15) is 0 Å². The van der Waals surface area contributed by atoms with Crippen molar-refractivity contribution in [2.45, 2.75) is 34.1 Å². The van der Waals surface area contributed by atoms with Gasteiger partial charge in [0.15, 0.2) is 0 Å². The highest BCUT2D eigenvalue weighted by Crippen LogP contribution is 1.98. The number of hydrogen-bond acceptors (Lipinski definition) is 0. The van der Waals surface area contributed by atoms with Crippen molar-refractivity contribution in [2.24, 2.45) is 0 Å². The third-order valence-electron chi connectivity index (χ3n) is 1.92. The predicted octanol–water partition coefficient (Wildman–Crippen LogP) is 6.58. The highest BCUT2D eigenvalue weighted by atomic mass is 13.8. The lowest BCUT2D eigenvalue weighted by molar-refractivity contribution is 1.14. The first kappa shape index (κ1) is 22.4. The number of rotatable bonds is 5. The molecule has 0 spiro atoms. The minimum absolute atomic E-state index is 1.10. The van der Waals surface area contributed by atoms with Crippen LogP contribution in [0.3, 0.4) is 0 Å². The van der Waals surface area contributed by atoms with E-state index >= 15 is 0 Å². The molecule has 0 aliphatic heterocycles. The Hall–Kier alpha value is -1.82. The van der Waals surface area contributed by atoms with Gasteiger partial charge in [-0.2, -0.15) is 0 Å². The summed E-state index contributed by atoms with van der Waals surface area (Å²) in [7, 11) is 0. The van der Waals surface area contributed by atoms with Crippen LogP contribution in [0.4, 0.5) is 0 Å². The van der Waals surface area contributed by atoms with Gasteiger partial charge in [0.2, 0.25) is 0 Å². The van der Waals surface area contributed by atoms with E-state index in [0.29, 0.717) is 0 Å². The number of allylic oxidation sites excluding steroid dienone is 11. The molecule has 0 saturated carbocycles. The van der Waals surface area contributed by atoms with Crippen LogP contribution in [-0.2, 0) is 0 Å². The summed E-state index contributed by atoms with van der Waals surface area (Å²) in [6.45, 7) is 18.7. The van der Waals surface area contributed by atoms with Crippen molar-refractivity contribution in [3.05, 3.63) is 86.1 Å². The summed E-state index contributed by atoms with van der Waals surface area (Å²) in [6, 6.07) is 0. The van der Waals surface area contributed by atoms with Crippen molar-refractivity contribution < 1.29 is 0 Å². The summed E-state index contributed by atoms with van der Waals surface area (Å²) in [5, 5.41) is 0. The normalized spacial score (nSPS) is 10.6. The van der Waals surface area contributed by atoms with Crippen LogP contribution >= 0.6 is 0 Å². The topological polar surface area (TPSA) is 0 Å². The average Bonchev–Trinajstić information content (AvgIpc) is 2.44. The van der Waals surface area contributed by atoms with E-state index in [1.807, 2.05) is 63.3 Å². The molecule has 0 heteroatoms. The van der Waals surface area contributed by atoms with Crippen LogP contribution in [0.5, 0.6) is 0 Å². The molecule has 0 amide bonds. The molecule has 0 aromatic rings. The van der Waals surface area contributed by atoms with Crippen LogP contribution in [0, 0.1) is 0 Å². The van der Waals surface area contributed by atoms with Crippen LogP contribution in [0.15, 0.2) is 86.1 Å². The third kappa shape index (κ3) is 31.4. The van der Waals surface area contributed by atoms with E-state index in [4.69, 9.17) is 0 Å². The molecule has 19 heavy (non-hydrogen) atoms. The molecular weight excluding hydrogens is 228 g/mol. The summed E-state index contributed by atoms with van der Waals surface area (Å²) in [4.78, 5) is 0. The summed E-state index contributed by atoms with van der Waals surface area (Å²) >= 11 is 0. The molecular formula is C19H30. The molecule has 0 N–H and O–H groups in total. The number of hydrogen-bond donors (Lipinski definition) is 0. The van der Waals surface area contributed by atoms with Crippen molar-refractivity contribution in [3.8, 4) is 0 Å². The first-order valence-electron chi connectivity index (χ1n) is 6.59. The first-order valence-corrected chi connectivity index (χ1v) is 6.59. The Morgan fingerprint density at radius 3 is 1.47 bits per heavy atom. The molecule has 0 nitrogen and oxygen atoms in total. The monoisotopic (exact) mass is 258 g/mol. The highest BCUT2D eigenvalue weighted by Gasteiger charge is 1.77. The lowest BCUT2D eigenvalue weighted by Crippen LogP contribution is -1.67. The largest absolute Gasteiger partial charge is 0.0991 e. The quantitative estimate of drug-likeness (QED) is 0.488. The Kier molecular flexibility index (Phi) is 29.6. The molecule has 0 radical (unpaired) electrons. The van der Waals surface area contributed by atoms with E-state index in [9.17, 15) is 0 Å². The summed E-state index contributed by atoms with van der Waals surface area (Å²) in [5.41, 5.74) is 1.32. The lowest BCUT2D eigenvalue weighted by atomic mass is 10.2. The molecule has 0 aliphatic rings. The fourth-order valence-electron chi connectivity index (χ4n) is 0.856. The second-order valence-electron chi connectivity index (χ2n) is 3.33. The van der Waals surface area contributed by atoms with E-state index in [1.54, 1.807) is 12.2 Å². The Balaban J connectivity index is -0.000000206. The van der Waals surface area contributed by atoms with Crippen molar-refractivity contribution in [1.82, 2.24) is 0 Å². The Bertz CT molecular complexity index is 309. The Morgan fingerprint density at radius 2 is 1.32 bits per heavy atom.